The van der Waals surface area contributed by atoms with E-state index < -0.39 is 6.03 Å². The lowest BCUT2D eigenvalue weighted by Gasteiger charge is -1.95. The van der Waals surface area contributed by atoms with Gasteiger partial charge in [-0.3, -0.25) is 4.40 Å². The van der Waals surface area contributed by atoms with Gasteiger partial charge in [-0.05, 0) is 13.8 Å². The van der Waals surface area contributed by atoms with E-state index in [-0.39, 0.29) is 0 Å². The number of nitrogens with two attached hydrogens (primary N) is 1. The lowest BCUT2D eigenvalue weighted by molar-refractivity contribution is 0.249. The molecule has 0 aromatic carbocycles. The summed E-state index contributed by atoms with van der Waals surface area (Å²) in [5, 5.41) is 5.75. The van der Waals surface area contributed by atoms with Crippen molar-refractivity contribution in [1.29, 1.82) is 0 Å². The topological polar surface area (TPSA) is 84.8 Å². The number of rotatable bonds is 2. The third-order valence-electron chi connectivity index (χ3n) is 2.12. The summed E-state index contributed by atoms with van der Waals surface area (Å²) >= 11 is 1.57. The average molecular weight is 237 g/mol. The molecule has 2 rings (SSSR count). The molecular weight excluding hydrogens is 226 g/mol. The lowest BCUT2D eigenvalue weighted by atomic mass is 10.3. The first-order chi connectivity index (χ1) is 7.59. The zero-order chi connectivity index (χ0) is 11.7. The van der Waals surface area contributed by atoms with Gasteiger partial charge in [-0.2, -0.15) is 5.10 Å². The summed E-state index contributed by atoms with van der Waals surface area (Å²) in [6, 6.07) is -0.684. The summed E-state index contributed by atoms with van der Waals surface area (Å²) in [6.45, 7) is 3.88. The van der Waals surface area contributed by atoms with E-state index in [9.17, 15) is 4.79 Å². The van der Waals surface area contributed by atoms with Crippen molar-refractivity contribution in [2.45, 2.75) is 13.8 Å². The summed E-state index contributed by atoms with van der Waals surface area (Å²) in [4.78, 5) is 15.8. The number of fused-ring (bicyclic) bond motifs is 1. The number of hydrazone groups is 1. The van der Waals surface area contributed by atoms with Crippen molar-refractivity contribution in [2.24, 2.45) is 10.8 Å². The second-order valence-electron chi connectivity index (χ2n) is 3.31. The van der Waals surface area contributed by atoms with Crippen LogP contribution in [0.25, 0.3) is 4.96 Å². The molecular formula is C9H11N5OS. The number of nitrogens with one attached hydrogen (secondary N) is 1. The molecule has 3 N–H and O–H groups in total. The van der Waals surface area contributed by atoms with E-state index in [0.717, 1.165) is 22.0 Å². The second kappa shape index (κ2) is 3.93. The number of carbonyl (C=O) groups is 1. The minimum atomic E-state index is -0.684. The van der Waals surface area contributed by atoms with Crippen LogP contribution >= 0.6 is 11.3 Å². The number of amides is 2. The predicted molar refractivity (Wildman–Crippen MR) is 62.9 cm³/mol. The Morgan fingerprint density at radius 1 is 1.69 bits per heavy atom. The first-order valence-electron chi connectivity index (χ1n) is 4.61. The Hall–Kier alpha value is -1.89. The van der Waals surface area contributed by atoms with Crippen LogP contribution in [-0.4, -0.2) is 21.6 Å². The quantitative estimate of drug-likeness (QED) is 0.603. The number of thiazole rings is 1. The van der Waals surface area contributed by atoms with E-state index >= 15 is 0 Å². The Labute approximate surface area is 95.8 Å². The summed E-state index contributed by atoms with van der Waals surface area (Å²) in [5.74, 6) is 0. The van der Waals surface area contributed by atoms with E-state index in [1.807, 2.05) is 23.6 Å². The molecule has 0 radical (unpaired) electrons. The van der Waals surface area contributed by atoms with Gasteiger partial charge in [0.15, 0.2) is 4.96 Å². The molecule has 2 aromatic heterocycles. The molecule has 0 bridgehead atoms. The average Bonchev–Trinajstić information content (AvgIpc) is 2.69. The number of aromatic nitrogens is 2. The monoisotopic (exact) mass is 237 g/mol. The van der Waals surface area contributed by atoms with Crippen molar-refractivity contribution in [1.82, 2.24) is 14.8 Å². The number of hydrogen-bond donors (Lipinski definition) is 2. The van der Waals surface area contributed by atoms with Gasteiger partial charge in [-0.15, -0.1) is 11.3 Å². The zero-order valence-corrected chi connectivity index (χ0v) is 9.71. The molecule has 2 heterocycles. The Morgan fingerprint density at radius 3 is 3.12 bits per heavy atom. The van der Waals surface area contributed by atoms with Crippen molar-refractivity contribution in [2.75, 3.05) is 0 Å². The van der Waals surface area contributed by atoms with Gasteiger partial charge in [-0.1, -0.05) is 0 Å². The van der Waals surface area contributed by atoms with Gasteiger partial charge in [0.1, 0.15) is 0 Å². The molecule has 0 fully saturated rings. The Balaban J connectivity index is 2.42. The fraction of sp³-hybridized carbons (Fsp3) is 0.222. The van der Waals surface area contributed by atoms with Gasteiger partial charge in [0.2, 0.25) is 0 Å². The molecule has 0 atom stereocenters. The molecule has 6 nitrogen and oxygen atoms in total. The third kappa shape index (κ3) is 1.76. The second-order valence-corrected chi connectivity index (χ2v) is 4.15. The molecule has 84 valence electrons. The van der Waals surface area contributed by atoms with Crippen LogP contribution in [0.1, 0.15) is 17.1 Å². The van der Waals surface area contributed by atoms with Crippen LogP contribution in [0.15, 0.2) is 10.5 Å². The molecule has 2 amide bonds. The van der Waals surface area contributed by atoms with Gasteiger partial charge in [0.25, 0.3) is 0 Å². The van der Waals surface area contributed by atoms with Crippen molar-refractivity contribution in [3.63, 3.8) is 0 Å². The molecule has 7 heteroatoms. The van der Waals surface area contributed by atoms with Gasteiger partial charge < -0.3 is 5.73 Å². The van der Waals surface area contributed by atoms with Crippen molar-refractivity contribution in [3.05, 3.63) is 22.5 Å². The number of aryl methyl sites for hydroxylation is 2. The minimum Gasteiger partial charge on any atom is -0.350 e. The third-order valence-corrected chi connectivity index (χ3v) is 3.06. The zero-order valence-electron chi connectivity index (χ0n) is 8.89. The summed E-state index contributed by atoms with van der Waals surface area (Å²) in [6.07, 6.45) is 1.54. The summed E-state index contributed by atoms with van der Waals surface area (Å²) in [5.41, 5.74) is 9.87. The maximum atomic E-state index is 10.5. The first-order valence-corrected chi connectivity index (χ1v) is 5.49. The maximum absolute atomic E-state index is 10.5. The molecule has 16 heavy (non-hydrogen) atoms. The lowest BCUT2D eigenvalue weighted by Crippen LogP contribution is -2.24. The number of urea groups is 1. The largest absolute Gasteiger partial charge is 0.350 e. The van der Waals surface area contributed by atoms with Gasteiger partial charge in [0, 0.05) is 11.1 Å². The fourth-order valence-corrected chi connectivity index (χ4v) is 2.35. The number of nitrogens with zero attached hydrogens (tertiary/aromatic N) is 3. The fourth-order valence-electron chi connectivity index (χ4n) is 1.43. The minimum absolute atomic E-state index is 0.684. The van der Waals surface area contributed by atoms with Crippen molar-refractivity contribution >= 4 is 28.5 Å². The van der Waals surface area contributed by atoms with Crippen LogP contribution in [0.3, 0.4) is 0 Å². The van der Waals surface area contributed by atoms with Gasteiger partial charge in [0.05, 0.1) is 17.6 Å². The number of carbonyl (C=O) groups excluding carboxylic acids is 1. The number of imidazole rings is 1. The highest BCUT2D eigenvalue weighted by molar-refractivity contribution is 7.15. The van der Waals surface area contributed by atoms with E-state index in [1.165, 1.54) is 0 Å². The SMILES string of the molecule is Cc1nc2scc(C)n2c1/C=N/NC(N)=O. The molecule has 0 spiro atoms. The van der Waals surface area contributed by atoms with Crippen LogP contribution < -0.4 is 11.2 Å². The standard InChI is InChI=1S/C9H11N5OS/c1-5-4-16-9-12-6(2)7(14(5)9)3-11-13-8(10)15/h3-4H,1-2H3,(H3,10,13,15)/b11-3+. The van der Waals surface area contributed by atoms with E-state index in [1.54, 1.807) is 17.6 Å². The van der Waals surface area contributed by atoms with Crippen molar-refractivity contribution < 1.29 is 4.79 Å². The Kier molecular flexibility index (Phi) is 2.61. The Bertz CT molecular complexity index is 568. The summed E-state index contributed by atoms with van der Waals surface area (Å²) in [7, 11) is 0. The summed E-state index contributed by atoms with van der Waals surface area (Å²) < 4.78 is 1.98. The molecule has 0 aliphatic carbocycles. The van der Waals surface area contributed by atoms with Gasteiger partial charge >= 0.3 is 6.03 Å². The normalized spacial score (nSPS) is 11.4. The van der Waals surface area contributed by atoms with E-state index in [2.05, 4.69) is 15.5 Å². The molecule has 2 aromatic rings. The number of primary amides is 1. The molecule has 0 unspecified atom stereocenters. The highest BCUT2D eigenvalue weighted by atomic mass is 32.1. The molecule has 0 saturated carbocycles. The molecule has 0 aliphatic heterocycles. The van der Waals surface area contributed by atoms with E-state index in [4.69, 9.17) is 5.73 Å². The Morgan fingerprint density at radius 2 is 2.44 bits per heavy atom. The van der Waals surface area contributed by atoms with Crippen LogP contribution in [0, 0.1) is 13.8 Å². The molecule has 0 saturated heterocycles. The van der Waals surface area contributed by atoms with E-state index in [0.29, 0.717) is 0 Å². The van der Waals surface area contributed by atoms with Crippen LogP contribution in [0.2, 0.25) is 0 Å². The first kappa shape index (κ1) is 10.6. The number of hydrogen-bond acceptors (Lipinski definition) is 4. The predicted octanol–water partition coefficient (Wildman–Crippen LogP) is 1.01. The van der Waals surface area contributed by atoms with Crippen LogP contribution in [0.4, 0.5) is 4.79 Å². The molecule has 0 aliphatic rings. The van der Waals surface area contributed by atoms with Crippen LogP contribution in [0.5, 0.6) is 0 Å². The van der Waals surface area contributed by atoms with Gasteiger partial charge in [-0.25, -0.2) is 15.2 Å². The smallest absolute Gasteiger partial charge is 0.332 e. The van der Waals surface area contributed by atoms with Crippen molar-refractivity contribution in [3.8, 4) is 0 Å². The maximum Gasteiger partial charge on any atom is 0.332 e. The highest BCUT2D eigenvalue weighted by Gasteiger charge is 2.09. The highest BCUT2D eigenvalue weighted by Crippen LogP contribution is 2.18. The van der Waals surface area contributed by atoms with Crippen LogP contribution in [-0.2, 0) is 0 Å².